The Morgan fingerprint density at radius 1 is 1.26 bits per heavy atom. The summed E-state index contributed by atoms with van der Waals surface area (Å²) in [5.41, 5.74) is 2.24. The van der Waals surface area contributed by atoms with E-state index >= 15 is 0 Å². The number of halogens is 1. The minimum absolute atomic E-state index is 0.251. The lowest BCUT2D eigenvalue weighted by atomic mass is 10.1. The van der Waals surface area contributed by atoms with Crippen molar-refractivity contribution in [2.75, 3.05) is 11.9 Å². The summed E-state index contributed by atoms with van der Waals surface area (Å²) in [5, 5.41) is 3.76. The number of rotatable bonds is 4. The number of furan rings is 1. The van der Waals surface area contributed by atoms with Crippen LogP contribution in [0.4, 0.5) is 5.69 Å². The van der Waals surface area contributed by atoms with Crippen molar-refractivity contribution in [1.82, 2.24) is 0 Å². The molecule has 1 heterocycles. The highest BCUT2D eigenvalue weighted by Crippen LogP contribution is 2.29. The van der Waals surface area contributed by atoms with Gasteiger partial charge in [-0.3, -0.25) is 4.79 Å². The molecule has 0 saturated carbocycles. The van der Waals surface area contributed by atoms with Gasteiger partial charge in [0.25, 0.3) is 5.91 Å². The molecule has 2 aromatic carbocycles. The molecule has 0 bridgehead atoms. The van der Waals surface area contributed by atoms with Crippen LogP contribution in [0.5, 0.6) is 5.75 Å². The zero-order chi connectivity index (χ0) is 16.4. The van der Waals surface area contributed by atoms with E-state index in [0.29, 0.717) is 18.0 Å². The van der Waals surface area contributed by atoms with Crippen molar-refractivity contribution in [3.63, 3.8) is 0 Å². The maximum atomic E-state index is 12.5. The maximum Gasteiger partial charge on any atom is 0.291 e. The molecular formula is C18H16INO3. The number of carbonyl (C=O) groups excluding carboxylic acids is 1. The van der Waals surface area contributed by atoms with Gasteiger partial charge in [-0.2, -0.15) is 0 Å². The summed E-state index contributed by atoms with van der Waals surface area (Å²) in [6.45, 7) is 4.42. The van der Waals surface area contributed by atoms with E-state index in [1.807, 2.05) is 56.3 Å². The number of aryl methyl sites for hydroxylation is 1. The lowest BCUT2D eigenvalue weighted by molar-refractivity contribution is 0.0998. The summed E-state index contributed by atoms with van der Waals surface area (Å²) in [5.74, 6) is 0.847. The summed E-state index contributed by atoms with van der Waals surface area (Å²) >= 11 is 2.21. The second-order valence-corrected chi connectivity index (χ2v) is 6.36. The number of anilines is 1. The highest BCUT2D eigenvalue weighted by atomic mass is 127. The predicted molar refractivity (Wildman–Crippen MR) is 99.2 cm³/mol. The number of ether oxygens (including phenoxy) is 1. The van der Waals surface area contributed by atoms with E-state index in [2.05, 4.69) is 27.9 Å². The Balaban J connectivity index is 1.92. The molecule has 0 radical (unpaired) electrons. The molecule has 0 spiro atoms. The highest BCUT2D eigenvalue weighted by molar-refractivity contribution is 14.1. The number of amides is 1. The molecule has 23 heavy (non-hydrogen) atoms. The molecule has 0 unspecified atom stereocenters. The lowest BCUT2D eigenvalue weighted by Gasteiger charge is -2.04. The molecule has 0 aliphatic carbocycles. The number of carbonyl (C=O) groups is 1. The van der Waals surface area contributed by atoms with Gasteiger partial charge in [-0.1, -0.05) is 6.07 Å². The van der Waals surface area contributed by atoms with Gasteiger partial charge in [0, 0.05) is 20.2 Å². The number of hydrogen-bond acceptors (Lipinski definition) is 3. The van der Waals surface area contributed by atoms with Gasteiger partial charge in [0.05, 0.1) is 6.61 Å². The predicted octanol–water partition coefficient (Wildman–Crippen LogP) is 5.00. The normalized spacial score (nSPS) is 10.7. The summed E-state index contributed by atoms with van der Waals surface area (Å²) in [7, 11) is 0. The van der Waals surface area contributed by atoms with Gasteiger partial charge in [-0.25, -0.2) is 0 Å². The molecule has 0 aliphatic rings. The quantitative estimate of drug-likeness (QED) is 0.604. The fourth-order valence-electron chi connectivity index (χ4n) is 2.43. The van der Waals surface area contributed by atoms with Gasteiger partial charge >= 0.3 is 0 Å². The van der Waals surface area contributed by atoms with Crippen LogP contribution in [0.15, 0.2) is 46.9 Å². The Labute approximate surface area is 148 Å². The van der Waals surface area contributed by atoms with Gasteiger partial charge in [0.1, 0.15) is 11.3 Å². The van der Waals surface area contributed by atoms with Crippen LogP contribution in [0, 0.1) is 10.5 Å². The third-order valence-corrected chi connectivity index (χ3v) is 4.18. The van der Waals surface area contributed by atoms with Gasteiger partial charge in [0.15, 0.2) is 5.76 Å². The van der Waals surface area contributed by atoms with Gasteiger partial charge in [0.2, 0.25) is 0 Å². The van der Waals surface area contributed by atoms with Crippen LogP contribution >= 0.6 is 22.6 Å². The molecule has 0 aliphatic heterocycles. The molecule has 1 amide bonds. The molecule has 1 N–H and O–H groups in total. The van der Waals surface area contributed by atoms with Gasteiger partial charge in [-0.05, 0) is 72.8 Å². The van der Waals surface area contributed by atoms with Crippen LogP contribution in [0.25, 0.3) is 11.0 Å². The standard InChI is InChI=1S/C18H16INO3/c1-3-22-14-7-8-16-15(10-14)11(2)17(23-16)18(21)20-13-6-4-5-12(19)9-13/h4-10H,3H2,1-2H3,(H,20,21). The van der Waals surface area contributed by atoms with Crippen LogP contribution in [0.3, 0.4) is 0 Å². The molecule has 3 aromatic rings. The molecule has 1 aromatic heterocycles. The first-order valence-electron chi connectivity index (χ1n) is 7.31. The van der Waals surface area contributed by atoms with Crippen molar-refractivity contribution in [2.45, 2.75) is 13.8 Å². The number of benzene rings is 2. The van der Waals surface area contributed by atoms with E-state index in [0.717, 1.165) is 26.0 Å². The first kappa shape index (κ1) is 15.9. The molecule has 4 nitrogen and oxygen atoms in total. The van der Waals surface area contributed by atoms with E-state index in [1.54, 1.807) is 0 Å². The number of fused-ring (bicyclic) bond motifs is 1. The molecule has 0 atom stereocenters. The highest BCUT2D eigenvalue weighted by Gasteiger charge is 2.18. The molecule has 5 heteroatoms. The first-order valence-corrected chi connectivity index (χ1v) is 8.39. The Hall–Kier alpha value is -2.02. The van der Waals surface area contributed by atoms with Crippen LogP contribution in [0.1, 0.15) is 23.0 Å². The zero-order valence-corrected chi connectivity index (χ0v) is 15.0. The Bertz CT molecular complexity index is 870. The van der Waals surface area contributed by atoms with Crippen molar-refractivity contribution in [1.29, 1.82) is 0 Å². The molecule has 118 valence electrons. The van der Waals surface area contributed by atoms with Crippen molar-refractivity contribution >= 4 is 45.2 Å². The Morgan fingerprint density at radius 3 is 2.83 bits per heavy atom. The molecule has 0 saturated heterocycles. The van der Waals surface area contributed by atoms with Crippen molar-refractivity contribution in [2.24, 2.45) is 0 Å². The van der Waals surface area contributed by atoms with Crippen LogP contribution in [0.2, 0.25) is 0 Å². The largest absolute Gasteiger partial charge is 0.494 e. The van der Waals surface area contributed by atoms with Crippen LogP contribution in [-0.4, -0.2) is 12.5 Å². The lowest BCUT2D eigenvalue weighted by Crippen LogP contribution is -2.12. The van der Waals surface area contributed by atoms with E-state index in [-0.39, 0.29) is 5.91 Å². The fraction of sp³-hybridized carbons (Fsp3) is 0.167. The second kappa shape index (κ2) is 6.62. The topological polar surface area (TPSA) is 51.5 Å². The van der Waals surface area contributed by atoms with Crippen molar-refractivity contribution in [3.05, 3.63) is 57.4 Å². The second-order valence-electron chi connectivity index (χ2n) is 5.11. The Kier molecular flexibility index (Phi) is 4.56. The van der Waals surface area contributed by atoms with Gasteiger partial charge < -0.3 is 14.5 Å². The summed E-state index contributed by atoms with van der Waals surface area (Å²) in [4.78, 5) is 12.5. The van der Waals surface area contributed by atoms with Gasteiger partial charge in [-0.15, -0.1) is 0 Å². The summed E-state index contributed by atoms with van der Waals surface area (Å²) < 4.78 is 12.3. The monoisotopic (exact) mass is 421 g/mol. The maximum absolute atomic E-state index is 12.5. The number of hydrogen-bond donors (Lipinski definition) is 1. The van der Waals surface area contributed by atoms with Crippen LogP contribution < -0.4 is 10.1 Å². The third-order valence-electron chi connectivity index (χ3n) is 3.51. The fourth-order valence-corrected chi connectivity index (χ4v) is 2.97. The first-order chi connectivity index (χ1) is 11.1. The smallest absolute Gasteiger partial charge is 0.291 e. The summed E-state index contributed by atoms with van der Waals surface area (Å²) in [6.07, 6.45) is 0. The van der Waals surface area contributed by atoms with Crippen molar-refractivity contribution in [3.8, 4) is 5.75 Å². The number of nitrogens with one attached hydrogen (secondary N) is 1. The minimum Gasteiger partial charge on any atom is -0.494 e. The SMILES string of the molecule is CCOc1ccc2oc(C(=O)Nc3cccc(I)c3)c(C)c2c1. The van der Waals surface area contributed by atoms with E-state index < -0.39 is 0 Å². The van der Waals surface area contributed by atoms with E-state index in [1.165, 1.54) is 0 Å². The average molecular weight is 421 g/mol. The molecule has 0 fully saturated rings. The zero-order valence-electron chi connectivity index (χ0n) is 12.9. The van der Waals surface area contributed by atoms with Crippen molar-refractivity contribution < 1.29 is 13.9 Å². The summed E-state index contributed by atoms with van der Waals surface area (Å²) in [6, 6.07) is 13.2. The van der Waals surface area contributed by atoms with E-state index in [9.17, 15) is 4.79 Å². The third kappa shape index (κ3) is 3.34. The minimum atomic E-state index is -0.251. The van der Waals surface area contributed by atoms with E-state index in [4.69, 9.17) is 9.15 Å². The van der Waals surface area contributed by atoms with Crippen LogP contribution in [-0.2, 0) is 0 Å². The Morgan fingerprint density at radius 2 is 2.09 bits per heavy atom. The molecular weight excluding hydrogens is 405 g/mol. The molecule has 3 rings (SSSR count). The average Bonchev–Trinajstić information content (AvgIpc) is 2.85.